The molecule has 0 saturated carbocycles. The van der Waals surface area contributed by atoms with Crippen molar-refractivity contribution in [2.45, 2.75) is 20.0 Å². The number of alkyl halides is 3. The van der Waals surface area contributed by atoms with Gasteiger partial charge in [0.25, 0.3) is 0 Å². The van der Waals surface area contributed by atoms with E-state index in [9.17, 15) is 13.2 Å². The van der Waals surface area contributed by atoms with Crippen LogP contribution in [0.2, 0.25) is 0 Å². The van der Waals surface area contributed by atoms with Crippen LogP contribution in [0, 0.1) is 13.8 Å². The van der Waals surface area contributed by atoms with E-state index in [4.69, 9.17) is 4.52 Å². The standard InChI is InChI=1S/C11H9F3N2O/c1-6-3-4-8(5-9(6)11(12,13)14)10-15-7(2)17-16-10/h3-5H,1-2H3. The van der Waals surface area contributed by atoms with Gasteiger partial charge in [-0.2, -0.15) is 18.2 Å². The smallest absolute Gasteiger partial charge is 0.339 e. The summed E-state index contributed by atoms with van der Waals surface area (Å²) < 4.78 is 42.8. The third kappa shape index (κ3) is 2.30. The van der Waals surface area contributed by atoms with Gasteiger partial charge >= 0.3 is 6.18 Å². The van der Waals surface area contributed by atoms with E-state index in [1.165, 1.54) is 19.1 Å². The van der Waals surface area contributed by atoms with E-state index in [-0.39, 0.29) is 11.4 Å². The highest BCUT2D eigenvalue weighted by molar-refractivity contribution is 5.57. The van der Waals surface area contributed by atoms with Gasteiger partial charge in [-0.3, -0.25) is 0 Å². The first-order valence-electron chi connectivity index (χ1n) is 4.86. The second kappa shape index (κ2) is 3.87. The zero-order chi connectivity index (χ0) is 12.6. The lowest BCUT2D eigenvalue weighted by Gasteiger charge is -2.10. The van der Waals surface area contributed by atoms with Crippen molar-refractivity contribution in [3.8, 4) is 11.4 Å². The van der Waals surface area contributed by atoms with Crippen LogP contribution in [0.4, 0.5) is 13.2 Å². The van der Waals surface area contributed by atoms with Crippen LogP contribution in [0.1, 0.15) is 17.0 Å². The Hall–Kier alpha value is -1.85. The molecule has 0 N–H and O–H groups in total. The fraction of sp³-hybridized carbons (Fsp3) is 0.273. The topological polar surface area (TPSA) is 38.9 Å². The first-order valence-corrected chi connectivity index (χ1v) is 4.86. The maximum absolute atomic E-state index is 12.7. The van der Waals surface area contributed by atoms with Gasteiger partial charge in [-0.1, -0.05) is 17.3 Å². The van der Waals surface area contributed by atoms with E-state index in [1.807, 2.05) is 0 Å². The van der Waals surface area contributed by atoms with E-state index < -0.39 is 11.7 Å². The molecule has 0 atom stereocenters. The van der Waals surface area contributed by atoms with Crippen molar-refractivity contribution in [1.82, 2.24) is 10.1 Å². The Balaban J connectivity index is 2.51. The molecule has 2 rings (SSSR count). The lowest BCUT2D eigenvalue weighted by atomic mass is 10.0. The molecule has 0 aliphatic heterocycles. The molecular formula is C11H9F3N2O. The van der Waals surface area contributed by atoms with Crippen molar-refractivity contribution in [1.29, 1.82) is 0 Å². The Labute approximate surface area is 95.3 Å². The lowest BCUT2D eigenvalue weighted by molar-refractivity contribution is -0.138. The van der Waals surface area contributed by atoms with Crippen LogP contribution in [-0.4, -0.2) is 10.1 Å². The Bertz CT molecular complexity index is 546. The molecule has 1 aromatic heterocycles. The maximum atomic E-state index is 12.7. The monoisotopic (exact) mass is 242 g/mol. The van der Waals surface area contributed by atoms with E-state index in [1.54, 1.807) is 6.92 Å². The van der Waals surface area contributed by atoms with Crippen LogP contribution in [0.5, 0.6) is 0 Å². The van der Waals surface area contributed by atoms with Gasteiger partial charge < -0.3 is 4.52 Å². The molecule has 0 spiro atoms. The van der Waals surface area contributed by atoms with Crippen LogP contribution < -0.4 is 0 Å². The van der Waals surface area contributed by atoms with E-state index >= 15 is 0 Å². The third-order valence-corrected chi connectivity index (χ3v) is 2.33. The van der Waals surface area contributed by atoms with Gasteiger partial charge in [0.15, 0.2) is 0 Å². The number of aromatic nitrogens is 2. The van der Waals surface area contributed by atoms with Crippen LogP contribution in [0.3, 0.4) is 0 Å². The van der Waals surface area contributed by atoms with Gasteiger partial charge in [0.2, 0.25) is 11.7 Å². The van der Waals surface area contributed by atoms with Gasteiger partial charge in [-0.05, 0) is 18.6 Å². The van der Waals surface area contributed by atoms with Crippen molar-refractivity contribution >= 4 is 0 Å². The molecule has 90 valence electrons. The summed E-state index contributed by atoms with van der Waals surface area (Å²) in [6.45, 7) is 2.99. The molecule has 0 saturated heterocycles. The molecule has 0 amide bonds. The first-order chi connectivity index (χ1) is 7.88. The summed E-state index contributed by atoms with van der Waals surface area (Å²) in [5.41, 5.74) is -0.223. The summed E-state index contributed by atoms with van der Waals surface area (Å²) in [5, 5.41) is 3.59. The Morgan fingerprint density at radius 2 is 1.88 bits per heavy atom. The van der Waals surface area contributed by atoms with E-state index in [0.717, 1.165) is 6.07 Å². The number of nitrogens with zero attached hydrogens (tertiary/aromatic N) is 2. The fourth-order valence-electron chi connectivity index (χ4n) is 1.48. The van der Waals surface area contributed by atoms with Crippen LogP contribution >= 0.6 is 0 Å². The molecule has 0 radical (unpaired) electrons. The molecular weight excluding hydrogens is 233 g/mol. The molecule has 1 aromatic carbocycles. The van der Waals surface area contributed by atoms with Crippen LogP contribution in [0.15, 0.2) is 22.7 Å². The zero-order valence-corrected chi connectivity index (χ0v) is 9.17. The number of rotatable bonds is 1. The van der Waals surface area contributed by atoms with Gasteiger partial charge in [0, 0.05) is 12.5 Å². The van der Waals surface area contributed by atoms with Crippen molar-refractivity contribution < 1.29 is 17.7 Å². The molecule has 1 heterocycles. The average molecular weight is 242 g/mol. The van der Waals surface area contributed by atoms with Crippen molar-refractivity contribution in [3.63, 3.8) is 0 Å². The fourth-order valence-corrected chi connectivity index (χ4v) is 1.48. The van der Waals surface area contributed by atoms with Gasteiger partial charge in [-0.25, -0.2) is 0 Å². The van der Waals surface area contributed by atoms with Crippen LogP contribution in [0.25, 0.3) is 11.4 Å². The molecule has 3 nitrogen and oxygen atoms in total. The third-order valence-electron chi connectivity index (χ3n) is 2.33. The SMILES string of the molecule is Cc1nc(-c2ccc(C)c(C(F)(F)F)c2)no1. The summed E-state index contributed by atoms with van der Waals surface area (Å²) in [6, 6.07) is 3.96. The zero-order valence-electron chi connectivity index (χ0n) is 9.17. The minimum absolute atomic E-state index is 0.160. The Morgan fingerprint density at radius 3 is 2.41 bits per heavy atom. The number of benzene rings is 1. The number of hydrogen-bond donors (Lipinski definition) is 0. The summed E-state index contributed by atoms with van der Waals surface area (Å²) in [6.07, 6.45) is -4.38. The lowest BCUT2D eigenvalue weighted by Crippen LogP contribution is -2.07. The summed E-state index contributed by atoms with van der Waals surface area (Å²) in [5.74, 6) is 0.474. The van der Waals surface area contributed by atoms with Gasteiger partial charge in [0.05, 0.1) is 5.56 Å². The Kier molecular flexibility index (Phi) is 2.65. The minimum Gasteiger partial charge on any atom is -0.339 e. The second-order valence-corrected chi connectivity index (χ2v) is 3.66. The number of aryl methyl sites for hydroxylation is 2. The van der Waals surface area contributed by atoms with Gasteiger partial charge in [-0.15, -0.1) is 0 Å². The molecule has 0 bridgehead atoms. The molecule has 0 aliphatic carbocycles. The molecule has 6 heteroatoms. The normalized spacial score (nSPS) is 11.8. The summed E-state index contributed by atoms with van der Waals surface area (Å²) in [4.78, 5) is 3.89. The number of hydrogen-bond acceptors (Lipinski definition) is 3. The van der Waals surface area contributed by atoms with E-state index in [0.29, 0.717) is 11.5 Å². The molecule has 17 heavy (non-hydrogen) atoms. The molecule has 0 fully saturated rings. The highest BCUT2D eigenvalue weighted by Crippen LogP contribution is 2.34. The summed E-state index contributed by atoms with van der Waals surface area (Å²) in [7, 11) is 0. The Morgan fingerprint density at radius 1 is 1.18 bits per heavy atom. The van der Waals surface area contributed by atoms with Crippen molar-refractivity contribution in [2.24, 2.45) is 0 Å². The second-order valence-electron chi connectivity index (χ2n) is 3.66. The first kappa shape index (κ1) is 11.6. The van der Waals surface area contributed by atoms with Crippen molar-refractivity contribution in [3.05, 3.63) is 35.2 Å². The maximum Gasteiger partial charge on any atom is 0.416 e. The predicted octanol–water partition coefficient (Wildman–Crippen LogP) is 3.37. The van der Waals surface area contributed by atoms with Crippen molar-refractivity contribution in [2.75, 3.05) is 0 Å². The summed E-state index contributed by atoms with van der Waals surface area (Å²) >= 11 is 0. The molecule has 0 aliphatic rings. The highest BCUT2D eigenvalue weighted by Gasteiger charge is 2.32. The molecule has 0 unspecified atom stereocenters. The van der Waals surface area contributed by atoms with E-state index in [2.05, 4.69) is 10.1 Å². The predicted molar refractivity (Wildman–Crippen MR) is 54.2 cm³/mol. The largest absolute Gasteiger partial charge is 0.416 e. The number of halogens is 3. The minimum atomic E-state index is -4.38. The van der Waals surface area contributed by atoms with Gasteiger partial charge in [0.1, 0.15) is 0 Å². The average Bonchev–Trinajstić information content (AvgIpc) is 2.64. The highest BCUT2D eigenvalue weighted by atomic mass is 19.4. The van der Waals surface area contributed by atoms with Crippen LogP contribution in [-0.2, 0) is 6.18 Å². The molecule has 2 aromatic rings. The quantitative estimate of drug-likeness (QED) is 0.769.